The smallest absolute Gasteiger partial charge is 0.266 e. The Bertz CT molecular complexity index is 973. The van der Waals surface area contributed by atoms with Crippen LogP contribution in [0.2, 0.25) is 0 Å². The molecule has 1 aliphatic rings. The number of sulfonamides is 1. The minimum Gasteiger partial charge on any atom is -0.494 e. The highest BCUT2D eigenvalue weighted by molar-refractivity contribution is 7.89. The highest BCUT2D eigenvalue weighted by atomic mass is 32.2. The van der Waals surface area contributed by atoms with Crippen LogP contribution in [0.15, 0.2) is 47.4 Å². The SMILES string of the molecule is CC(C)CCOc1ccc(C(=O)NNS(=O)(=O)c2ccc3c(c2)OCCCO3)cc1. The first-order chi connectivity index (χ1) is 14.3. The van der Waals surface area contributed by atoms with Crippen LogP contribution in [-0.4, -0.2) is 34.1 Å². The number of rotatable bonds is 8. The van der Waals surface area contributed by atoms with Crippen molar-refractivity contribution in [3.63, 3.8) is 0 Å². The molecule has 0 fully saturated rings. The summed E-state index contributed by atoms with van der Waals surface area (Å²) in [5, 5.41) is 0. The predicted molar refractivity (Wildman–Crippen MR) is 111 cm³/mol. The maximum atomic E-state index is 12.5. The molecular weight excluding hydrogens is 408 g/mol. The van der Waals surface area contributed by atoms with Crippen molar-refractivity contribution in [1.29, 1.82) is 0 Å². The first-order valence-corrected chi connectivity index (χ1v) is 11.3. The van der Waals surface area contributed by atoms with Crippen LogP contribution in [0.3, 0.4) is 0 Å². The molecule has 0 radical (unpaired) electrons. The van der Waals surface area contributed by atoms with Crippen LogP contribution in [0.5, 0.6) is 17.2 Å². The number of carbonyl (C=O) groups is 1. The zero-order valence-corrected chi connectivity index (χ0v) is 17.8. The Hall–Kier alpha value is -2.78. The Balaban J connectivity index is 1.59. The van der Waals surface area contributed by atoms with Gasteiger partial charge in [0, 0.05) is 18.1 Å². The lowest BCUT2D eigenvalue weighted by atomic mass is 10.1. The minimum atomic E-state index is -3.98. The van der Waals surface area contributed by atoms with Crippen LogP contribution >= 0.6 is 0 Å². The van der Waals surface area contributed by atoms with E-state index in [0.29, 0.717) is 55.0 Å². The molecule has 0 unspecified atom stereocenters. The lowest BCUT2D eigenvalue weighted by molar-refractivity contribution is 0.0945. The van der Waals surface area contributed by atoms with Crippen LogP contribution in [-0.2, 0) is 10.0 Å². The molecule has 2 aromatic carbocycles. The molecule has 2 N–H and O–H groups in total. The van der Waals surface area contributed by atoms with Crippen molar-refractivity contribution in [2.75, 3.05) is 19.8 Å². The van der Waals surface area contributed by atoms with Gasteiger partial charge in [-0.2, -0.15) is 0 Å². The summed E-state index contributed by atoms with van der Waals surface area (Å²) in [6.45, 7) is 5.78. The second-order valence-electron chi connectivity index (χ2n) is 7.27. The van der Waals surface area contributed by atoms with E-state index in [1.165, 1.54) is 18.2 Å². The number of benzene rings is 2. The molecule has 0 bridgehead atoms. The molecule has 0 aromatic heterocycles. The molecule has 0 aliphatic carbocycles. The first-order valence-electron chi connectivity index (χ1n) is 9.80. The van der Waals surface area contributed by atoms with Gasteiger partial charge in [-0.15, -0.1) is 4.83 Å². The van der Waals surface area contributed by atoms with Crippen molar-refractivity contribution >= 4 is 15.9 Å². The third-order valence-corrected chi connectivity index (χ3v) is 5.65. The predicted octanol–water partition coefficient (Wildman–Crippen LogP) is 2.90. The van der Waals surface area contributed by atoms with Gasteiger partial charge < -0.3 is 14.2 Å². The second-order valence-corrected chi connectivity index (χ2v) is 8.96. The average molecular weight is 435 g/mol. The van der Waals surface area contributed by atoms with Crippen LogP contribution in [0.4, 0.5) is 0 Å². The van der Waals surface area contributed by atoms with Crippen molar-refractivity contribution < 1.29 is 27.4 Å². The van der Waals surface area contributed by atoms with Gasteiger partial charge >= 0.3 is 0 Å². The summed E-state index contributed by atoms with van der Waals surface area (Å²) in [5.41, 5.74) is 2.52. The molecule has 9 heteroatoms. The standard InChI is InChI=1S/C21H26N2O6S/c1-15(2)10-13-27-17-6-4-16(5-7-17)21(24)22-23-30(25,26)18-8-9-19-20(14-18)29-12-3-11-28-19/h4-9,14-15,23H,3,10-13H2,1-2H3,(H,22,24). The van der Waals surface area contributed by atoms with Crippen molar-refractivity contribution in [2.45, 2.75) is 31.6 Å². The van der Waals surface area contributed by atoms with E-state index in [0.717, 1.165) is 6.42 Å². The van der Waals surface area contributed by atoms with Gasteiger partial charge in [0.25, 0.3) is 15.9 Å². The van der Waals surface area contributed by atoms with Gasteiger partial charge in [0.2, 0.25) is 0 Å². The third kappa shape index (κ3) is 5.87. The summed E-state index contributed by atoms with van der Waals surface area (Å²) >= 11 is 0. The van der Waals surface area contributed by atoms with E-state index in [1.807, 2.05) is 0 Å². The van der Waals surface area contributed by atoms with Gasteiger partial charge in [-0.05, 0) is 48.7 Å². The second kappa shape index (κ2) is 9.82. The molecule has 0 atom stereocenters. The van der Waals surface area contributed by atoms with Crippen molar-refractivity contribution in [2.24, 2.45) is 5.92 Å². The number of amides is 1. The topological polar surface area (TPSA) is 103 Å². The maximum Gasteiger partial charge on any atom is 0.266 e. The zero-order valence-electron chi connectivity index (χ0n) is 17.0. The third-order valence-electron chi connectivity index (χ3n) is 4.41. The van der Waals surface area contributed by atoms with Crippen LogP contribution in [0, 0.1) is 5.92 Å². The fourth-order valence-electron chi connectivity index (χ4n) is 2.67. The van der Waals surface area contributed by atoms with Gasteiger partial charge in [0.05, 0.1) is 24.7 Å². The summed E-state index contributed by atoms with van der Waals surface area (Å²) < 4.78 is 41.7. The van der Waals surface area contributed by atoms with Gasteiger partial charge in [-0.3, -0.25) is 10.2 Å². The molecule has 1 aliphatic heterocycles. The first kappa shape index (κ1) is 21.9. The van der Waals surface area contributed by atoms with E-state index in [1.54, 1.807) is 24.3 Å². The number of hydrogen-bond donors (Lipinski definition) is 2. The number of hydrazine groups is 1. The largest absolute Gasteiger partial charge is 0.494 e. The maximum absolute atomic E-state index is 12.5. The Morgan fingerprint density at radius 2 is 1.77 bits per heavy atom. The molecule has 162 valence electrons. The molecular formula is C21H26N2O6S. The van der Waals surface area contributed by atoms with Crippen LogP contribution < -0.4 is 24.5 Å². The molecule has 30 heavy (non-hydrogen) atoms. The number of ether oxygens (including phenoxy) is 3. The molecule has 0 spiro atoms. The van der Waals surface area contributed by atoms with E-state index in [-0.39, 0.29) is 4.90 Å². The molecule has 0 saturated heterocycles. The summed E-state index contributed by atoms with van der Waals surface area (Å²) in [5.74, 6) is 1.46. The van der Waals surface area contributed by atoms with Crippen molar-refractivity contribution in [3.05, 3.63) is 48.0 Å². The zero-order chi connectivity index (χ0) is 21.6. The molecule has 1 amide bonds. The van der Waals surface area contributed by atoms with Gasteiger partial charge in [0.15, 0.2) is 11.5 Å². The average Bonchev–Trinajstić information content (AvgIpc) is 2.97. The highest BCUT2D eigenvalue weighted by Gasteiger charge is 2.20. The fourth-order valence-corrected chi connectivity index (χ4v) is 3.52. The molecule has 8 nitrogen and oxygen atoms in total. The van der Waals surface area contributed by atoms with Crippen LogP contribution in [0.25, 0.3) is 0 Å². The van der Waals surface area contributed by atoms with Gasteiger partial charge in [0.1, 0.15) is 5.75 Å². The Morgan fingerprint density at radius 1 is 1.07 bits per heavy atom. The lowest BCUT2D eigenvalue weighted by Gasteiger charge is -2.12. The summed E-state index contributed by atoms with van der Waals surface area (Å²) in [6, 6.07) is 10.8. The minimum absolute atomic E-state index is 0.0408. The fraction of sp³-hybridized carbons (Fsp3) is 0.381. The van der Waals surface area contributed by atoms with Gasteiger partial charge in [-0.25, -0.2) is 8.42 Å². The van der Waals surface area contributed by atoms with E-state index in [4.69, 9.17) is 14.2 Å². The number of nitrogens with one attached hydrogen (secondary N) is 2. The summed E-state index contributed by atoms with van der Waals surface area (Å²) in [6.07, 6.45) is 1.65. The van der Waals surface area contributed by atoms with E-state index < -0.39 is 15.9 Å². The molecule has 3 rings (SSSR count). The Labute approximate surface area is 176 Å². The van der Waals surface area contributed by atoms with Gasteiger partial charge in [-0.1, -0.05) is 13.8 Å². The quantitative estimate of drug-likeness (QED) is 0.620. The van der Waals surface area contributed by atoms with E-state index in [2.05, 4.69) is 24.1 Å². The normalized spacial score (nSPS) is 13.6. The molecule has 0 saturated carbocycles. The monoisotopic (exact) mass is 434 g/mol. The highest BCUT2D eigenvalue weighted by Crippen LogP contribution is 2.31. The summed E-state index contributed by atoms with van der Waals surface area (Å²) in [7, 11) is -3.98. The van der Waals surface area contributed by atoms with E-state index >= 15 is 0 Å². The number of carbonyl (C=O) groups excluding carboxylic acids is 1. The molecule has 2 aromatic rings. The van der Waals surface area contributed by atoms with Crippen molar-refractivity contribution in [3.8, 4) is 17.2 Å². The van der Waals surface area contributed by atoms with E-state index in [9.17, 15) is 13.2 Å². The molecule has 1 heterocycles. The Morgan fingerprint density at radius 3 is 2.47 bits per heavy atom. The van der Waals surface area contributed by atoms with Crippen molar-refractivity contribution in [1.82, 2.24) is 10.3 Å². The Kier molecular flexibility index (Phi) is 7.17. The number of fused-ring (bicyclic) bond motifs is 1. The van der Waals surface area contributed by atoms with Crippen LogP contribution in [0.1, 0.15) is 37.0 Å². The summed E-state index contributed by atoms with van der Waals surface area (Å²) in [4.78, 5) is 14.4. The lowest BCUT2D eigenvalue weighted by Crippen LogP contribution is -2.41. The number of hydrogen-bond acceptors (Lipinski definition) is 6.